The fraction of sp³-hybridized carbons (Fsp3) is 0.600. The van der Waals surface area contributed by atoms with Crippen LogP contribution in [0.5, 0.6) is 0 Å². The first-order valence-corrected chi connectivity index (χ1v) is 28.1. The van der Waals surface area contributed by atoms with E-state index in [0.29, 0.717) is 83.5 Å². The van der Waals surface area contributed by atoms with Gasteiger partial charge in [0.2, 0.25) is 0 Å². The van der Waals surface area contributed by atoms with Gasteiger partial charge in [0.25, 0.3) is 20.0 Å². The van der Waals surface area contributed by atoms with Crippen molar-refractivity contribution in [2.45, 2.75) is 164 Å². The Bertz CT molecular complexity index is 2990. The summed E-state index contributed by atoms with van der Waals surface area (Å²) < 4.78 is 122. The van der Waals surface area contributed by atoms with E-state index in [-0.39, 0.29) is 33.7 Å². The summed E-state index contributed by atoms with van der Waals surface area (Å²) in [5, 5.41) is 13.6. The molecule has 2 aromatic carbocycles. The van der Waals surface area contributed by atoms with Crippen molar-refractivity contribution in [2.24, 2.45) is 0 Å². The van der Waals surface area contributed by atoms with Gasteiger partial charge in [-0.3, -0.25) is 19.6 Å². The predicted molar refractivity (Wildman–Crippen MR) is 264 cm³/mol. The van der Waals surface area contributed by atoms with Crippen LogP contribution in [0.3, 0.4) is 0 Å². The molecule has 0 spiro atoms. The Morgan fingerprint density at radius 2 is 1.11 bits per heavy atom. The molecule has 6 heterocycles. The molecule has 2 unspecified atom stereocenters. The number of alkyl carbamates (subject to hydrolysis) is 2. The van der Waals surface area contributed by atoms with Crippen LogP contribution in [-0.2, 0) is 55.7 Å². The van der Waals surface area contributed by atoms with Crippen molar-refractivity contribution in [3.8, 4) is 0 Å². The number of carbonyl (C=O) groups excluding carboxylic acids is 2. The van der Waals surface area contributed by atoms with Crippen LogP contribution in [0.1, 0.15) is 126 Å². The van der Waals surface area contributed by atoms with Crippen LogP contribution in [0.15, 0.2) is 48.8 Å². The van der Waals surface area contributed by atoms with Crippen LogP contribution in [0.4, 0.5) is 27.2 Å². The highest BCUT2D eigenvalue weighted by Gasteiger charge is 2.46. The topological polar surface area (TPSA) is 194 Å². The Labute approximate surface area is 429 Å². The van der Waals surface area contributed by atoms with Crippen LogP contribution in [-0.4, -0.2) is 140 Å². The van der Waals surface area contributed by atoms with Gasteiger partial charge in [-0.15, -0.1) is 0 Å². The van der Waals surface area contributed by atoms with Gasteiger partial charge in [-0.05, 0) is 131 Å². The summed E-state index contributed by atoms with van der Waals surface area (Å²) in [6.07, 6.45) is 5.53. The van der Waals surface area contributed by atoms with Gasteiger partial charge in [0.05, 0.1) is 52.3 Å². The summed E-state index contributed by atoms with van der Waals surface area (Å²) in [5.41, 5.74) is 2.02. The fourth-order valence-corrected chi connectivity index (χ4v) is 14.0. The smallest absolute Gasteiger partial charge is 0.407 e. The predicted octanol–water partition coefficient (Wildman–Crippen LogP) is 6.31. The summed E-state index contributed by atoms with van der Waals surface area (Å²) >= 11 is 0. The quantitative estimate of drug-likeness (QED) is 0.168. The van der Waals surface area contributed by atoms with Crippen molar-refractivity contribution in [3.63, 3.8) is 0 Å². The number of ether oxygens (including phenoxy) is 2. The lowest BCUT2D eigenvalue weighted by atomic mass is 9.87. The van der Waals surface area contributed by atoms with Gasteiger partial charge in [0.15, 0.2) is 0 Å². The van der Waals surface area contributed by atoms with Crippen molar-refractivity contribution in [3.05, 3.63) is 106 Å². The molecule has 6 atom stereocenters. The zero-order valence-electron chi connectivity index (χ0n) is 42.9. The van der Waals surface area contributed by atoms with E-state index in [0.717, 1.165) is 45.2 Å². The second-order valence-corrected chi connectivity index (χ2v) is 26.7. The first kappa shape index (κ1) is 53.7. The molecular formula is C50H66F4N10O8S2. The Kier molecular flexibility index (Phi) is 14.6. The fourth-order valence-electron chi connectivity index (χ4n) is 10.8. The molecule has 404 valence electrons. The normalized spacial score (nSPS) is 25.2. The number of nitrogens with zero attached hydrogens (tertiary/aromatic N) is 8. The van der Waals surface area contributed by atoms with Crippen molar-refractivity contribution in [1.29, 1.82) is 0 Å². The molecule has 74 heavy (non-hydrogen) atoms. The zero-order chi connectivity index (χ0) is 53.4. The molecule has 2 N–H and O–H groups in total. The molecule has 4 aliphatic heterocycles. The van der Waals surface area contributed by atoms with E-state index < -0.39 is 90.9 Å². The van der Waals surface area contributed by atoms with Crippen molar-refractivity contribution in [1.82, 2.24) is 48.6 Å². The average Bonchev–Trinajstić information content (AvgIpc) is 4.17. The van der Waals surface area contributed by atoms with Crippen LogP contribution in [0.25, 0.3) is 0 Å². The van der Waals surface area contributed by atoms with Gasteiger partial charge in [0, 0.05) is 79.8 Å². The highest BCUT2D eigenvalue weighted by Crippen LogP contribution is 2.40. The first-order chi connectivity index (χ1) is 34.6. The van der Waals surface area contributed by atoms with E-state index in [1.54, 1.807) is 53.9 Å². The van der Waals surface area contributed by atoms with Crippen LogP contribution < -0.4 is 10.6 Å². The number of hydrogen-bond acceptors (Lipinski definition) is 14. The van der Waals surface area contributed by atoms with Gasteiger partial charge < -0.3 is 20.1 Å². The lowest BCUT2D eigenvalue weighted by Crippen LogP contribution is -2.57. The molecule has 4 aromatic rings. The number of carbonyl (C=O) groups is 2. The number of nitrogens with one attached hydrogen (secondary N) is 2. The molecule has 4 fully saturated rings. The van der Waals surface area contributed by atoms with E-state index in [9.17, 15) is 44.0 Å². The van der Waals surface area contributed by atoms with Gasteiger partial charge in [-0.2, -0.15) is 18.4 Å². The van der Waals surface area contributed by atoms with Gasteiger partial charge in [0.1, 0.15) is 34.5 Å². The van der Waals surface area contributed by atoms with Gasteiger partial charge in [-0.1, -0.05) is 0 Å². The van der Waals surface area contributed by atoms with Crippen LogP contribution >= 0.6 is 0 Å². The Morgan fingerprint density at radius 1 is 0.649 bits per heavy atom. The van der Waals surface area contributed by atoms with Crippen molar-refractivity contribution < 1.29 is 53.5 Å². The number of likely N-dealkylation sites (tertiary alicyclic amines) is 2. The maximum Gasteiger partial charge on any atom is 0.407 e. The summed E-state index contributed by atoms with van der Waals surface area (Å²) in [4.78, 5) is 33.6. The van der Waals surface area contributed by atoms with Gasteiger partial charge >= 0.3 is 12.2 Å². The molecule has 0 bridgehead atoms. The Hall–Kier alpha value is -5.14. The van der Waals surface area contributed by atoms with E-state index in [4.69, 9.17) is 9.47 Å². The molecule has 0 radical (unpaired) electrons. The molecule has 2 saturated carbocycles. The maximum atomic E-state index is 14.9. The number of amides is 2. The summed E-state index contributed by atoms with van der Waals surface area (Å²) in [5.74, 6) is -2.20. The number of halogens is 4. The highest BCUT2D eigenvalue weighted by molar-refractivity contribution is 7.91. The number of rotatable bonds is 10. The van der Waals surface area contributed by atoms with Gasteiger partial charge in [-0.25, -0.2) is 44.0 Å². The molecule has 2 amide bonds. The van der Waals surface area contributed by atoms with E-state index >= 15 is 0 Å². The SMILES string of the molecule is CN1C[C@H](N2Cc3cn(S(=O)(=O)C4CC4)nc3C2)C[C@H](NC(=O)OC(C)(C)C)C1c1cc(F)ccc1F.CN1C[C@H](N2Cc3cnn(S(=O)(=O)C4CC4)c3C2)C[C@H](NC(=O)OC(C)(C)C)C1c1cc(F)ccc1F. The Balaban J connectivity index is 0.000000182. The first-order valence-electron chi connectivity index (χ1n) is 25.0. The minimum absolute atomic E-state index is 0.0412. The third-order valence-electron chi connectivity index (χ3n) is 14.4. The number of aromatic nitrogens is 4. The van der Waals surface area contributed by atoms with E-state index in [1.807, 2.05) is 23.9 Å². The number of fused-ring (bicyclic) bond motifs is 2. The second kappa shape index (κ2) is 20.1. The molecule has 24 heteroatoms. The molecule has 2 aliphatic carbocycles. The molecule has 18 nitrogen and oxygen atoms in total. The maximum absolute atomic E-state index is 14.9. The second-order valence-electron chi connectivity index (χ2n) is 22.6. The largest absolute Gasteiger partial charge is 0.444 e. The standard InChI is InChI=1S/2C25H33F2N5O4S/c1-25(2,3)36-24(33)28-21-10-17(13-30(4)23(21)19-9-16(26)5-8-20(19)27)31-11-15-12-32(29-22(15)14-31)37(34,35)18-6-7-18;1-25(2,3)36-24(33)29-21-10-17(13-30(4)23(21)19-9-16(26)5-8-20(19)27)31-12-15-11-28-32(22(15)14-31)37(34,35)18-6-7-18/h5,8-9,12,17-18,21,23H,6-7,10-11,13-14H2,1-4H3,(H,28,33);5,8-9,11,17-18,21,23H,6-7,10,12-14H2,1-4H3,(H,29,33)/t2*17-,21+,23?/m11/s1. The van der Waals surface area contributed by atoms with Crippen molar-refractivity contribution in [2.75, 3.05) is 27.2 Å². The van der Waals surface area contributed by atoms with Crippen LogP contribution in [0.2, 0.25) is 0 Å². The van der Waals surface area contributed by atoms with E-state index in [2.05, 4.69) is 30.6 Å². The number of likely N-dealkylation sites (N-methyl/N-ethyl adjacent to an activating group) is 2. The molecular weight excluding hydrogens is 1010 g/mol. The zero-order valence-corrected chi connectivity index (χ0v) is 44.5. The summed E-state index contributed by atoms with van der Waals surface area (Å²) in [7, 11) is -3.28. The highest BCUT2D eigenvalue weighted by atomic mass is 32.2. The number of hydrogen-bond donors (Lipinski definition) is 2. The minimum Gasteiger partial charge on any atom is -0.444 e. The Morgan fingerprint density at radius 3 is 1.57 bits per heavy atom. The average molecular weight is 1080 g/mol. The molecule has 2 saturated heterocycles. The number of piperidine rings is 2. The molecule has 6 aliphatic rings. The lowest BCUT2D eigenvalue weighted by Gasteiger charge is -2.46. The summed E-state index contributed by atoms with van der Waals surface area (Å²) in [6.45, 7) is 13.5. The third kappa shape index (κ3) is 11.6. The third-order valence-corrected chi connectivity index (χ3v) is 18.5. The summed E-state index contributed by atoms with van der Waals surface area (Å²) in [6, 6.07) is 4.21. The number of benzene rings is 2. The minimum atomic E-state index is -3.49. The van der Waals surface area contributed by atoms with Crippen molar-refractivity contribution >= 4 is 32.2 Å². The molecule has 2 aromatic heterocycles. The van der Waals surface area contributed by atoms with E-state index in [1.165, 1.54) is 16.2 Å². The molecule has 10 rings (SSSR count). The lowest BCUT2D eigenvalue weighted by molar-refractivity contribution is 0.0250. The van der Waals surface area contributed by atoms with Crippen LogP contribution in [0, 0.1) is 23.3 Å². The monoisotopic (exact) mass is 1070 g/mol.